The van der Waals surface area contributed by atoms with Crippen LogP contribution in [0.3, 0.4) is 0 Å². The molecule has 0 aliphatic heterocycles. The Bertz CT molecular complexity index is 582. The molecule has 1 heterocycles. The smallest absolute Gasteiger partial charge is 0.340 e. The first-order chi connectivity index (χ1) is 8.56. The van der Waals surface area contributed by atoms with Gasteiger partial charge < -0.3 is 10.5 Å². The lowest BCUT2D eigenvalue weighted by atomic mass is 10.2. The molecule has 6 nitrogen and oxygen atoms in total. The molecule has 0 saturated heterocycles. The number of benzene rings is 1. The molecule has 0 bridgehead atoms. The molecular weight excluding hydrogens is 239 g/mol. The third kappa shape index (κ3) is 2.62. The van der Waals surface area contributed by atoms with Gasteiger partial charge in [-0.2, -0.15) is 0 Å². The zero-order valence-electron chi connectivity index (χ0n) is 9.63. The van der Waals surface area contributed by atoms with Crippen molar-refractivity contribution in [2.24, 2.45) is 7.05 Å². The lowest BCUT2D eigenvalue weighted by Crippen LogP contribution is -2.09. The van der Waals surface area contributed by atoms with Gasteiger partial charge in [0, 0.05) is 12.7 Å². The van der Waals surface area contributed by atoms with E-state index in [4.69, 9.17) is 10.5 Å². The number of nitrogen functional groups attached to an aromatic ring is 1. The fraction of sp³-hybridized carbons (Fsp3) is 0.182. The lowest BCUT2D eigenvalue weighted by Gasteiger charge is -2.05. The first-order valence-corrected chi connectivity index (χ1v) is 5.13. The highest BCUT2D eigenvalue weighted by Gasteiger charge is 2.13. The Labute approximate surface area is 102 Å². The first kappa shape index (κ1) is 12.0. The van der Waals surface area contributed by atoms with Gasteiger partial charge in [0.15, 0.2) is 0 Å². The van der Waals surface area contributed by atoms with Gasteiger partial charge in [-0.25, -0.2) is 9.18 Å². The molecule has 0 aliphatic carbocycles. The van der Waals surface area contributed by atoms with Crippen LogP contribution in [0.2, 0.25) is 0 Å². The van der Waals surface area contributed by atoms with Crippen molar-refractivity contribution in [2.45, 2.75) is 6.61 Å². The van der Waals surface area contributed by atoms with Crippen LogP contribution in [-0.2, 0) is 18.4 Å². The molecule has 0 aliphatic rings. The Morgan fingerprint density at radius 1 is 1.56 bits per heavy atom. The van der Waals surface area contributed by atoms with Crippen molar-refractivity contribution in [1.82, 2.24) is 15.0 Å². The van der Waals surface area contributed by atoms with Crippen molar-refractivity contribution < 1.29 is 13.9 Å². The number of halogens is 1. The predicted molar refractivity (Wildman–Crippen MR) is 60.9 cm³/mol. The molecule has 1 aromatic heterocycles. The molecule has 0 spiro atoms. The number of aryl methyl sites for hydroxylation is 1. The molecule has 1 aromatic carbocycles. The number of aromatic nitrogens is 3. The summed E-state index contributed by atoms with van der Waals surface area (Å²) >= 11 is 0. The number of anilines is 1. The summed E-state index contributed by atoms with van der Waals surface area (Å²) in [5.41, 5.74) is 6.23. The molecule has 94 valence electrons. The Morgan fingerprint density at radius 2 is 2.33 bits per heavy atom. The quantitative estimate of drug-likeness (QED) is 0.646. The van der Waals surface area contributed by atoms with Gasteiger partial charge in [-0.05, 0) is 18.2 Å². The molecule has 0 saturated carbocycles. The number of esters is 1. The SMILES string of the molecule is Cn1cc(COC(=O)c2cc(F)ccc2N)nn1. The van der Waals surface area contributed by atoms with Crippen LogP contribution in [0.1, 0.15) is 16.1 Å². The molecule has 0 amide bonds. The second kappa shape index (κ2) is 4.82. The van der Waals surface area contributed by atoms with Crippen molar-refractivity contribution in [3.8, 4) is 0 Å². The molecule has 2 rings (SSSR count). The van der Waals surface area contributed by atoms with E-state index in [0.717, 1.165) is 6.07 Å². The summed E-state index contributed by atoms with van der Waals surface area (Å²) in [4.78, 5) is 11.7. The summed E-state index contributed by atoms with van der Waals surface area (Å²) in [6.45, 7) is -0.0391. The molecule has 0 atom stereocenters. The summed E-state index contributed by atoms with van der Waals surface area (Å²) in [7, 11) is 1.70. The van der Waals surface area contributed by atoms with Crippen LogP contribution in [0.15, 0.2) is 24.4 Å². The third-order valence-electron chi connectivity index (χ3n) is 2.24. The van der Waals surface area contributed by atoms with E-state index >= 15 is 0 Å². The van der Waals surface area contributed by atoms with Crippen LogP contribution < -0.4 is 5.73 Å². The van der Waals surface area contributed by atoms with Crippen LogP contribution in [-0.4, -0.2) is 21.0 Å². The summed E-state index contributed by atoms with van der Waals surface area (Å²) in [6.07, 6.45) is 1.61. The van der Waals surface area contributed by atoms with Gasteiger partial charge in [0.25, 0.3) is 0 Å². The number of carbonyl (C=O) groups excluding carboxylic acids is 1. The van der Waals surface area contributed by atoms with Gasteiger partial charge in [0.05, 0.1) is 11.8 Å². The van der Waals surface area contributed by atoms with E-state index in [1.807, 2.05) is 0 Å². The number of carbonyl (C=O) groups is 1. The largest absolute Gasteiger partial charge is 0.455 e. The van der Waals surface area contributed by atoms with E-state index in [2.05, 4.69) is 10.3 Å². The minimum Gasteiger partial charge on any atom is -0.455 e. The number of hydrogen-bond donors (Lipinski definition) is 1. The fourth-order valence-electron chi connectivity index (χ4n) is 1.38. The van der Waals surface area contributed by atoms with Crippen molar-refractivity contribution >= 4 is 11.7 Å². The summed E-state index contributed by atoms with van der Waals surface area (Å²) in [5, 5.41) is 7.44. The standard InChI is InChI=1S/C11H11FN4O2/c1-16-5-8(14-15-16)6-18-11(17)9-4-7(12)2-3-10(9)13/h2-5H,6,13H2,1H3. The molecule has 2 N–H and O–H groups in total. The molecule has 0 radical (unpaired) electrons. The number of hydrogen-bond acceptors (Lipinski definition) is 5. The van der Waals surface area contributed by atoms with Crippen LogP contribution in [0, 0.1) is 5.82 Å². The summed E-state index contributed by atoms with van der Waals surface area (Å²) in [5.74, 6) is -1.24. The summed E-state index contributed by atoms with van der Waals surface area (Å²) < 4.78 is 19.4. The average Bonchev–Trinajstić information content (AvgIpc) is 2.75. The maximum atomic E-state index is 13.0. The molecule has 18 heavy (non-hydrogen) atoms. The monoisotopic (exact) mass is 250 g/mol. The van der Waals surface area contributed by atoms with Crippen LogP contribution in [0.25, 0.3) is 0 Å². The molecule has 0 fully saturated rings. The van der Waals surface area contributed by atoms with E-state index in [1.54, 1.807) is 13.2 Å². The van der Waals surface area contributed by atoms with Crippen LogP contribution in [0.4, 0.5) is 10.1 Å². The molecule has 7 heteroatoms. The average molecular weight is 250 g/mol. The van der Waals surface area contributed by atoms with E-state index in [-0.39, 0.29) is 17.9 Å². The number of rotatable bonds is 3. The van der Waals surface area contributed by atoms with Gasteiger partial charge >= 0.3 is 5.97 Å². The number of nitrogens with two attached hydrogens (primary N) is 1. The normalized spacial score (nSPS) is 10.3. The maximum Gasteiger partial charge on any atom is 0.340 e. The van der Waals surface area contributed by atoms with E-state index < -0.39 is 11.8 Å². The zero-order valence-corrected chi connectivity index (χ0v) is 9.63. The highest BCUT2D eigenvalue weighted by Crippen LogP contribution is 2.15. The summed E-state index contributed by atoms with van der Waals surface area (Å²) in [6, 6.07) is 3.53. The van der Waals surface area contributed by atoms with E-state index in [9.17, 15) is 9.18 Å². The zero-order chi connectivity index (χ0) is 13.1. The topological polar surface area (TPSA) is 83.0 Å². The molecule has 2 aromatic rings. The highest BCUT2D eigenvalue weighted by molar-refractivity contribution is 5.94. The Kier molecular flexibility index (Phi) is 3.22. The van der Waals surface area contributed by atoms with Crippen molar-refractivity contribution in [3.63, 3.8) is 0 Å². The van der Waals surface area contributed by atoms with Gasteiger partial charge in [0.1, 0.15) is 18.1 Å². The minimum atomic E-state index is -0.697. The number of ether oxygens (including phenoxy) is 1. The van der Waals surface area contributed by atoms with Crippen molar-refractivity contribution in [1.29, 1.82) is 0 Å². The highest BCUT2D eigenvalue weighted by atomic mass is 19.1. The van der Waals surface area contributed by atoms with Crippen LogP contribution in [0.5, 0.6) is 0 Å². The Morgan fingerprint density at radius 3 is 3.00 bits per heavy atom. The molecular formula is C11H11FN4O2. The molecule has 0 unspecified atom stereocenters. The minimum absolute atomic E-state index is 0.00103. The van der Waals surface area contributed by atoms with E-state index in [0.29, 0.717) is 5.69 Å². The van der Waals surface area contributed by atoms with Gasteiger partial charge in [-0.3, -0.25) is 4.68 Å². The van der Waals surface area contributed by atoms with Crippen molar-refractivity contribution in [2.75, 3.05) is 5.73 Å². The second-order valence-corrected chi connectivity index (χ2v) is 3.69. The third-order valence-corrected chi connectivity index (χ3v) is 2.24. The fourth-order valence-corrected chi connectivity index (χ4v) is 1.38. The Balaban J connectivity index is 2.05. The van der Waals surface area contributed by atoms with Crippen LogP contribution >= 0.6 is 0 Å². The first-order valence-electron chi connectivity index (χ1n) is 5.13. The van der Waals surface area contributed by atoms with Gasteiger partial charge in [-0.1, -0.05) is 5.21 Å². The maximum absolute atomic E-state index is 13.0. The lowest BCUT2D eigenvalue weighted by molar-refractivity contribution is 0.0468. The Hall–Kier alpha value is -2.44. The van der Waals surface area contributed by atoms with E-state index in [1.165, 1.54) is 16.8 Å². The predicted octanol–water partition coefficient (Wildman–Crippen LogP) is 0.893. The van der Waals surface area contributed by atoms with Gasteiger partial charge in [-0.15, -0.1) is 5.10 Å². The van der Waals surface area contributed by atoms with Crippen molar-refractivity contribution in [3.05, 3.63) is 41.5 Å². The van der Waals surface area contributed by atoms with Gasteiger partial charge in [0.2, 0.25) is 0 Å². The number of nitrogens with zero attached hydrogens (tertiary/aromatic N) is 3. The second-order valence-electron chi connectivity index (χ2n) is 3.69.